The van der Waals surface area contributed by atoms with Gasteiger partial charge in [0.15, 0.2) is 0 Å². The van der Waals surface area contributed by atoms with Crippen LogP contribution in [0, 0.1) is 18.3 Å². The van der Waals surface area contributed by atoms with Crippen LogP contribution in [0.3, 0.4) is 0 Å². The lowest BCUT2D eigenvalue weighted by molar-refractivity contribution is 0.147. The van der Waals surface area contributed by atoms with E-state index in [-0.39, 0.29) is 0 Å². The maximum atomic E-state index is 4.54. The molecule has 1 aliphatic carbocycles. The van der Waals surface area contributed by atoms with Gasteiger partial charge in [0.1, 0.15) is 0 Å². The second-order valence-corrected chi connectivity index (χ2v) is 6.31. The number of aromatic nitrogens is 2. The number of aryl methyl sites for hydroxylation is 1. The summed E-state index contributed by atoms with van der Waals surface area (Å²) in [6.45, 7) is 9.18. The molecule has 0 amide bonds. The molecular weight excluding hydrogens is 196 g/mol. The molecule has 0 aromatic carbocycles. The molecule has 0 spiro atoms. The Morgan fingerprint density at radius 3 is 2.25 bits per heavy atom. The summed E-state index contributed by atoms with van der Waals surface area (Å²) in [5, 5.41) is 4.54. The summed E-state index contributed by atoms with van der Waals surface area (Å²) in [5.74, 6) is 0.889. The van der Waals surface area contributed by atoms with E-state index in [4.69, 9.17) is 0 Å². The molecule has 0 radical (unpaired) electrons. The zero-order chi connectivity index (χ0) is 11.8. The summed E-state index contributed by atoms with van der Waals surface area (Å²) in [6, 6.07) is 2.75. The van der Waals surface area contributed by atoms with Crippen molar-refractivity contribution in [3.63, 3.8) is 0 Å². The first-order chi connectivity index (χ1) is 7.47. The predicted octanol–water partition coefficient (Wildman–Crippen LogP) is 3.97. The summed E-state index contributed by atoms with van der Waals surface area (Å²) in [6.07, 6.45) is 7.43. The average molecular weight is 220 g/mol. The van der Waals surface area contributed by atoms with E-state index in [2.05, 4.69) is 49.7 Å². The van der Waals surface area contributed by atoms with Gasteiger partial charge in [-0.2, -0.15) is 5.10 Å². The Morgan fingerprint density at radius 2 is 1.81 bits per heavy atom. The first kappa shape index (κ1) is 11.7. The Hall–Kier alpha value is -0.790. The van der Waals surface area contributed by atoms with Crippen LogP contribution in [-0.2, 0) is 0 Å². The zero-order valence-electron chi connectivity index (χ0n) is 11.0. The molecule has 1 heterocycles. The van der Waals surface area contributed by atoms with E-state index in [1.807, 2.05) is 0 Å². The Labute approximate surface area is 99.0 Å². The predicted molar refractivity (Wildman–Crippen MR) is 67.4 cm³/mol. The van der Waals surface area contributed by atoms with Crippen LogP contribution in [0.25, 0.3) is 0 Å². The van der Waals surface area contributed by atoms with Crippen LogP contribution in [-0.4, -0.2) is 9.78 Å². The molecule has 2 heteroatoms. The summed E-state index contributed by atoms with van der Waals surface area (Å²) in [7, 11) is 0. The summed E-state index contributed by atoms with van der Waals surface area (Å²) in [5.41, 5.74) is 1.61. The summed E-state index contributed by atoms with van der Waals surface area (Å²) < 4.78 is 2.17. The SMILES string of the molecule is Cc1ccn(C2CCC(C(C)(C)C)CC2)n1. The van der Waals surface area contributed by atoms with E-state index in [0.717, 1.165) is 11.6 Å². The van der Waals surface area contributed by atoms with Crippen LogP contribution < -0.4 is 0 Å². The van der Waals surface area contributed by atoms with Gasteiger partial charge in [-0.15, -0.1) is 0 Å². The van der Waals surface area contributed by atoms with Crippen LogP contribution in [0.4, 0.5) is 0 Å². The first-order valence-corrected chi connectivity index (χ1v) is 6.48. The van der Waals surface area contributed by atoms with Gasteiger partial charge in [0.25, 0.3) is 0 Å². The normalized spacial score (nSPS) is 27.0. The maximum absolute atomic E-state index is 4.54. The molecule has 90 valence electrons. The highest BCUT2D eigenvalue weighted by atomic mass is 15.3. The van der Waals surface area contributed by atoms with Crippen molar-refractivity contribution in [2.75, 3.05) is 0 Å². The van der Waals surface area contributed by atoms with Crippen molar-refractivity contribution in [2.45, 2.75) is 59.4 Å². The zero-order valence-corrected chi connectivity index (χ0v) is 11.0. The number of nitrogens with zero attached hydrogens (tertiary/aromatic N) is 2. The highest BCUT2D eigenvalue weighted by molar-refractivity contribution is 4.96. The second-order valence-electron chi connectivity index (χ2n) is 6.31. The number of hydrogen-bond donors (Lipinski definition) is 0. The molecule has 2 nitrogen and oxygen atoms in total. The maximum Gasteiger partial charge on any atom is 0.0593 e. The van der Waals surface area contributed by atoms with E-state index < -0.39 is 0 Å². The van der Waals surface area contributed by atoms with E-state index in [1.165, 1.54) is 25.7 Å². The molecule has 16 heavy (non-hydrogen) atoms. The minimum atomic E-state index is 0.477. The largest absolute Gasteiger partial charge is 0.269 e. The van der Waals surface area contributed by atoms with Gasteiger partial charge >= 0.3 is 0 Å². The monoisotopic (exact) mass is 220 g/mol. The average Bonchev–Trinajstić information content (AvgIpc) is 2.64. The van der Waals surface area contributed by atoms with E-state index >= 15 is 0 Å². The third-order valence-corrected chi connectivity index (χ3v) is 4.04. The standard InChI is InChI=1S/C14H24N2/c1-11-9-10-16(15-11)13-7-5-12(6-8-13)14(2,3)4/h9-10,12-13H,5-8H2,1-4H3. The van der Waals surface area contributed by atoms with Gasteiger partial charge in [0.05, 0.1) is 11.7 Å². The van der Waals surface area contributed by atoms with Gasteiger partial charge in [-0.1, -0.05) is 20.8 Å². The molecule has 0 unspecified atom stereocenters. The number of hydrogen-bond acceptors (Lipinski definition) is 1. The molecule has 0 saturated heterocycles. The van der Waals surface area contributed by atoms with Crippen molar-refractivity contribution < 1.29 is 0 Å². The topological polar surface area (TPSA) is 17.8 Å². The van der Waals surface area contributed by atoms with Gasteiger partial charge in [-0.25, -0.2) is 0 Å². The molecule has 0 bridgehead atoms. The highest BCUT2D eigenvalue weighted by Crippen LogP contribution is 2.41. The van der Waals surface area contributed by atoms with E-state index in [1.54, 1.807) is 0 Å². The van der Waals surface area contributed by atoms with E-state index in [0.29, 0.717) is 11.5 Å². The van der Waals surface area contributed by atoms with Crippen LogP contribution in [0.2, 0.25) is 0 Å². The molecular formula is C14H24N2. The molecule has 0 atom stereocenters. The van der Waals surface area contributed by atoms with Crippen LogP contribution in [0.1, 0.15) is 58.2 Å². The van der Waals surface area contributed by atoms with Crippen molar-refractivity contribution >= 4 is 0 Å². The fraction of sp³-hybridized carbons (Fsp3) is 0.786. The fourth-order valence-electron chi connectivity index (χ4n) is 2.84. The Kier molecular flexibility index (Phi) is 3.09. The lowest BCUT2D eigenvalue weighted by Gasteiger charge is -2.37. The van der Waals surface area contributed by atoms with Crippen molar-refractivity contribution in [1.29, 1.82) is 0 Å². The minimum Gasteiger partial charge on any atom is -0.269 e. The fourth-order valence-corrected chi connectivity index (χ4v) is 2.84. The second kappa shape index (κ2) is 4.23. The smallest absolute Gasteiger partial charge is 0.0593 e. The molecule has 0 aliphatic heterocycles. The van der Waals surface area contributed by atoms with Gasteiger partial charge < -0.3 is 0 Å². The van der Waals surface area contributed by atoms with Crippen LogP contribution in [0.15, 0.2) is 12.3 Å². The number of rotatable bonds is 1. The molecule has 0 N–H and O–H groups in total. The van der Waals surface area contributed by atoms with Gasteiger partial charge in [-0.3, -0.25) is 4.68 Å². The van der Waals surface area contributed by atoms with Gasteiger partial charge in [-0.05, 0) is 50.0 Å². The molecule has 1 aromatic rings. The third-order valence-electron chi connectivity index (χ3n) is 4.04. The minimum absolute atomic E-state index is 0.477. The van der Waals surface area contributed by atoms with Crippen molar-refractivity contribution in [3.8, 4) is 0 Å². The van der Waals surface area contributed by atoms with Crippen molar-refractivity contribution in [3.05, 3.63) is 18.0 Å². The lowest BCUT2D eigenvalue weighted by atomic mass is 9.71. The van der Waals surface area contributed by atoms with Crippen molar-refractivity contribution in [1.82, 2.24) is 9.78 Å². The summed E-state index contributed by atoms with van der Waals surface area (Å²) in [4.78, 5) is 0. The van der Waals surface area contributed by atoms with Gasteiger partial charge in [0, 0.05) is 6.20 Å². The van der Waals surface area contributed by atoms with Crippen LogP contribution >= 0.6 is 0 Å². The first-order valence-electron chi connectivity index (χ1n) is 6.48. The van der Waals surface area contributed by atoms with Crippen LogP contribution in [0.5, 0.6) is 0 Å². The lowest BCUT2D eigenvalue weighted by Crippen LogP contribution is -2.27. The Bertz CT molecular complexity index is 338. The molecule has 1 aromatic heterocycles. The summed E-state index contributed by atoms with van der Waals surface area (Å²) >= 11 is 0. The van der Waals surface area contributed by atoms with Gasteiger partial charge in [0.2, 0.25) is 0 Å². The molecule has 1 fully saturated rings. The van der Waals surface area contributed by atoms with E-state index in [9.17, 15) is 0 Å². The molecule has 1 saturated carbocycles. The third kappa shape index (κ3) is 2.47. The highest BCUT2D eigenvalue weighted by Gasteiger charge is 2.30. The molecule has 1 aliphatic rings. The van der Waals surface area contributed by atoms with Crippen molar-refractivity contribution in [2.24, 2.45) is 11.3 Å². The Morgan fingerprint density at radius 1 is 1.19 bits per heavy atom. The molecule has 2 rings (SSSR count). The quantitative estimate of drug-likeness (QED) is 0.700. The Balaban J connectivity index is 1.95.